The summed E-state index contributed by atoms with van der Waals surface area (Å²) in [6.45, 7) is 8.98. The SMILES string of the molecule is BrB(Br)Br.CCCc1ccc(-c2ccc(C3CCC(c4ccc(O)cc4)CC3)cc2C)cc1.CCCc1ccc(-c2ccc(C3CCC(c4ccc(OC)cc4)CC3)cc2C)cc1. The van der Waals surface area contributed by atoms with Crippen LogP contribution in [-0.2, 0) is 12.8 Å². The summed E-state index contributed by atoms with van der Waals surface area (Å²) in [6.07, 6.45) is 14.8. The molecule has 0 bridgehead atoms. The first kappa shape index (κ1) is 48.9. The lowest BCUT2D eigenvalue weighted by Gasteiger charge is -2.29. The number of phenolic OH excluding ortho intramolecular Hbond substituents is 1. The normalized spacial score (nSPS) is 18.3. The Balaban J connectivity index is 0.000000194. The minimum Gasteiger partial charge on any atom is -0.508 e. The van der Waals surface area contributed by atoms with Gasteiger partial charge in [0.05, 0.1) is 7.11 Å². The molecule has 2 aliphatic carbocycles. The molecule has 6 aromatic rings. The minimum atomic E-state index is 0.271. The quantitative estimate of drug-likeness (QED) is 0.131. The van der Waals surface area contributed by atoms with Crippen molar-refractivity contribution in [2.24, 2.45) is 0 Å². The Labute approximate surface area is 404 Å². The molecule has 0 heterocycles. The summed E-state index contributed by atoms with van der Waals surface area (Å²) in [5.74, 6) is 3.99. The summed E-state index contributed by atoms with van der Waals surface area (Å²) < 4.78 is 5.57. The smallest absolute Gasteiger partial charge is 0.369 e. The van der Waals surface area contributed by atoms with E-state index in [-0.39, 0.29) is 3.18 Å². The van der Waals surface area contributed by atoms with Gasteiger partial charge in [0.15, 0.2) is 0 Å². The summed E-state index contributed by atoms with van der Waals surface area (Å²) in [7, 11) is 1.73. The second-order valence-corrected chi connectivity index (χ2v) is 24.2. The first-order chi connectivity index (χ1) is 30.5. The van der Waals surface area contributed by atoms with Crippen molar-refractivity contribution >= 4 is 50.5 Å². The van der Waals surface area contributed by atoms with Crippen molar-refractivity contribution in [2.75, 3.05) is 7.11 Å². The highest BCUT2D eigenvalue weighted by Crippen LogP contribution is 2.43. The van der Waals surface area contributed by atoms with Crippen LogP contribution < -0.4 is 4.74 Å². The van der Waals surface area contributed by atoms with Crippen LogP contribution in [-0.4, -0.2) is 15.4 Å². The summed E-state index contributed by atoms with van der Waals surface area (Å²) in [5, 5.41) is 9.51. The number of phenols is 1. The van der Waals surface area contributed by atoms with Crippen molar-refractivity contribution in [1.29, 1.82) is 0 Å². The molecular weight excluding hydrogens is 967 g/mol. The van der Waals surface area contributed by atoms with Crippen molar-refractivity contribution in [3.63, 3.8) is 0 Å². The third kappa shape index (κ3) is 14.2. The van der Waals surface area contributed by atoms with E-state index < -0.39 is 0 Å². The molecule has 2 aliphatic rings. The van der Waals surface area contributed by atoms with Crippen LogP contribution in [0.1, 0.15) is 146 Å². The Morgan fingerprint density at radius 1 is 0.476 bits per heavy atom. The Hall–Kier alpha value is -3.58. The van der Waals surface area contributed by atoms with Crippen LogP contribution in [0.4, 0.5) is 0 Å². The van der Waals surface area contributed by atoms with Gasteiger partial charge < -0.3 is 9.84 Å². The number of aryl methyl sites for hydroxylation is 4. The Morgan fingerprint density at radius 2 is 0.794 bits per heavy atom. The summed E-state index contributed by atoms with van der Waals surface area (Å²) in [5.41, 5.74) is 16.9. The number of halogens is 3. The molecule has 6 heteroatoms. The van der Waals surface area contributed by atoms with Crippen LogP contribution in [0, 0.1) is 13.8 Å². The zero-order valence-corrected chi connectivity index (χ0v) is 42.8. The second kappa shape index (κ2) is 24.6. The first-order valence-electron chi connectivity index (χ1n) is 23.3. The molecule has 0 aromatic heterocycles. The predicted molar refractivity (Wildman–Crippen MR) is 283 cm³/mol. The lowest BCUT2D eigenvalue weighted by atomic mass is 9.76. The fourth-order valence-electron chi connectivity index (χ4n) is 9.95. The molecule has 2 saturated carbocycles. The number of aromatic hydroxyl groups is 1. The van der Waals surface area contributed by atoms with Gasteiger partial charge in [0, 0.05) is 0 Å². The van der Waals surface area contributed by atoms with Gasteiger partial charge in [-0.3, -0.25) is 0 Å². The summed E-state index contributed by atoms with van der Waals surface area (Å²) in [4.78, 5) is 0. The maximum absolute atomic E-state index is 9.51. The van der Waals surface area contributed by atoms with Gasteiger partial charge in [-0.25, -0.2) is 0 Å². The third-order valence-corrected chi connectivity index (χ3v) is 13.5. The summed E-state index contributed by atoms with van der Waals surface area (Å²) in [6, 6.07) is 49.0. The monoisotopic (exact) mass is 1030 g/mol. The zero-order chi connectivity index (χ0) is 44.7. The van der Waals surface area contributed by atoms with Gasteiger partial charge in [-0.2, -0.15) is 0 Å². The molecule has 0 radical (unpaired) electrons. The fraction of sp³-hybridized carbons (Fsp3) is 0.368. The highest BCUT2D eigenvalue weighted by Gasteiger charge is 2.25. The van der Waals surface area contributed by atoms with E-state index in [1.54, 1.807) is 7.11 Å². The molecule has 0 amide bonds. The van der Waals surface area contributed by atoms with E-state index in [0.29, 0.717) is 29.4 Å². The molecule has 6 aromatic carbocycles. The Bertz CT molecular complexity index is 2270. The topological polar surface area (TPSA) is 29.5 Å². The Morgan fingerprint density at radius 3 is 1.11 bits per heavy atom. The van der Waals surface area contributed by atoms with Crippen molar-refractivity contribution in [1.82, 2.24) is 0 Å². The molecule has 0 unspecified atom stereocenters. The number of ether oxygens (including phenoxy) is 1. The molecule has 2 fully saturated rings. The van der Waals surface area contributed by atoms with E-state index in [2.05, 4.69) is 196 Å². The number of methoxy groups -OCH3 is 1. The largest absolute Gasteiger partial charge is 0.508 e. The molecule has 0 saturated heterocycles. The highest BCUT2D eigenvalue weighted by atomic mass is 79.9. The Kier molecular flexibility index (Phi) is 19.1. The van der Waals surface area contributed by atoms with Crippen molar-refractivity contribution < 1.29 is 9.84 Å². The second-order valence-electron chi connectivity index (χ2n) is 17.8. The molecule has 8 rings (SSSR count). The van der Waals surface area contributed by atoms with E-state index in [4.69, 9.17) is 4.74 Å². The van der Waals surface area contributed by atoms with Gasteiger partial charge in [0.25, 0.3) is 0 Å². The standard InChI is InChI=1S/C29H34O.C28H32O.BBr3/c1-4-5-22-6-8-26(9-7-22)29-19-16-27(20-21(29)2)25-12-10-23(11-13-25)24-14-17-28(30-3)18-15-24;1-3-4-21-5-7-25(8-6-21)28-18-15-26(19-20(28)2)24-11-9-22(10-12-24)23-13-16-27(29)17-14-23;2-1(3)4/h6-9,14-20,23,25H,4-5,10-13H2,1-3H3;5-8,13-19,22,24,29H,3-4,9-12H2,1-2H3;. The van der Waals surface area contributed by atoms with Gasteiger partial charge in [0.2, 0.25) is 0 Å². The third-order valence-electron chi connectivity index (χ3n) is 13.5. The molecule has 2 nitrogen and oxygen atoms in total. The van der Waals surface area contributed by atoms with Gasteiger partial charge in [-0.05, 0) is 193 Å². The molecule has 1 N–H and O–H groups in total. The van der Waals surface area contributed by atoms with Gasteiger partial charge in [-0.1, -0.05) is 136 Å². The van der Waals surface area contributed by atoms with E-state index in [1.807, 2.05) is 12.1 Å². The maximum Gasteiger partial charge on any atom is 0.369 e. The van der Waals surface area contributed by atoms with Crippen molar-refractivity contribution in [2.45, 2.75) is 128 Å². The van der Waals surface area contributed by atoms with Gasteiger partial charge >= 0.3 is 3.18 Å². The first-order valence-corrected chi connectivity index (χ1v) is 26.0. The minimum absolute atomic E-state index is 0.271. The van der Waals surface area contributed by atoms with Crippen LogP contribution in [0.25, 0.3) is 22.3 Å². The molecular formula is C57H66BBr3O2. The molecule has 330 valence electrons. The number of hydrogen-bond donors (Lipinski definition) is 1. The maximum atomic E-state index is 9.51. The summed E-state index contributed by atoms with van der Waals surface area (Å²) >= 11 is 9.31. The molecule has 63 heavy (non-hydrogen) atoms. The van der Waals surface area contributed by atoms with E-state index >= 15 is 0 Å². The van der Waals surface area contributed by atoms with Crippen LogP contribution in [0.5, 0.6) is 11.5 Å². The molecule has 0 atom stereocenters. The van der Waals surface area contributed by atoms with E-state index in [9.17, 15) is 5.11 Å². The predicted octanol–water partition coefficient (Wildman–Crippen LogP) is 18.0. The fourth-order valence-corrected chi connectivity index (χ4v) is 9.95. The van der Waals surface area contributed by atoms with Crippen molar-refractivity contribution in [3.05, 3.63) is 178 Å². The van der Waals surface area contributed by atoms with Crippen LogP contribution in [0.3, 0.4) is 0 Å². The van der Waals surface area contributed by atoms with E-state index in [0.717, 1.165) is 18.6 Å². The van der Waals surface area contributed by atoms with Crippen LogP contribution in [0.2, 0.25) is 0 Å². The number of benzene rings is 6. The number of rotatable bonds is 11. The number of hydrogen-bond acceptors (Lipinski definition) is 2. The molecule has 0 aliphatic heterocycles. The van der Waals surface area contributed by atoms with E-state index in [1.165, 1.54) is 131 Å². The van der Waals surface area contributed by atoms with Crippen LogP contribution in [0.15, 0.2) is 133 Å². The van der Waals surface area contributed by atoms with Crippen molar-refractivity contribution in [3.8, 4) is 33.8 Å². The average molecular weight is 1030 g/mol. The lowest BCUT2D eigenvalue weighted by molar-refractivity contribution is 0.394. The van der Waals surface area contributed by atoms with Gasteiger partial charge in [-0.15, -0.1) is 47.3 Å². The molecule has 0 spiro atoms. The van der Waals surface area contributed by atoms with Crippen LogP contribution >= 0.6 is 47.3 Å². The average Bonchev–Trinajstić information content (AvgIpc) is 3.30. The zero-order valence-electron chi connectivity index (χ0n) is 38.1. The van der Waals surface area contributed by atoms with Gasteiger partial charge in [0.1, 0.15) is 11.5 Å². The lowest BCUT2D eigenvalue weighted by Crippen LogP contribution is -2.12. The highest BCUT2D eigenvalue weighted by molar-refractivity contribution is 9.69.